The summed E-state index contributed by atoms with van der Waals surface area (Å²) < 4.78 is 0. The number of Topliss-reactive ketones (excluding diaryl/α,β-unsaturated/α-hetero) is 1. The number of unbranched alkanes of at least 4 members (excludes halogenated alkanes) is 1. The lowest BCUT2D eigenvalue weighted by Crippen LogP contribution is -2.34. The molecule has 0 amide bonds. The maximum absolute atomic E-state index is 13.1. The minimum Gasteiger partial charge on any atom is -0.353 e. The number of benzene rings is 1. The van der Waals surface area contributed by atoms with Gasteiger partial charge in [0.2, 0.25) is 0 Å². The highest BCUT2D eigenvalue weighted by Crippen LogP contribution is 2.45. The van der Waals surface area contributed by atoms with Crippen molar-refractivity contribution >= 4 is 28.9 Å². The van der Waals surface area contributed by atoms with Crippen molar-refractivity contribution in [3.8, 4) is 6.07 Å². The third kappa shape index (κ3) is 3.58. The van der Waals surface area contributed by atoms with Crippen molar-refractivity contribution < 1.29 is 4.79 Å². The Kier molecular flexibility index (Phi) is 5.50. The first-order valence-electron chi connectivity index (χ1n) is 9.94. The molecule has 1 aliphatic heterocycles. The highest BCUT2D eigenvalue weighted by molar-refractivity contribution is 6.32. The molecule has 2 aromatic rings. The number of fused-ring (bicyclic) bond motifs is 1. The smallest absolute Gasteiger partial charge is 0.163 e. The van der Waals surface area contributed by atoms with E-state index < -0.39 is 0 Å². The Morgan fingerprint density at radius 1 is 1.28 bits per heavy atom. The standard InChI is InChI=1S/C22H22ClN5O/c1-2-3-11-28-20(15-9-7-14(12-24)8-10-15)18-16(5-4-6-17(18)29)27-19-21(23)25-13-26-22(19)28/h7-10,13,20,27H,2-6,11H2,1H3. The third-order valence-corrected chi connectivity index (χ3v) is 5.76. The van der Waals surface area contributed by atoms with Crippen LogP contribution >= 0.6 is 11.6 Å². The van der Waals surface area contributed by atoms with Gasteiger partial charge < -0.3 is 10.2 Å². The van der Waals surface area contributed by atoms with Crippen LogP contribution in [0.2, 0.25) is 5.15 Å². The van der Waals surface area contributed by atoms with Crippen LogP contribution in [0.3, 0.4) is 0 Å². The molecule has 29 heavy (non-hydrogen) atoms. The van der Waals surface area contributed by atoms with Crippen LogP contribution in [0.15, 0.2) is 41.9 Å². The molecule has 1 N–H and O–H groups in total. The van der Waals surface area contributed by atoms with Gasteiger partial charge in [0.25, 0.3) is 0 Å². The van der Waals surface area contributed by atoms with Crippen LogP contribution in [0.1, 0.15) is 56.2 Å². The molecule has 1 unspecified atom stereocenters. The number of aromatic nitrogens is 2. The van der Waals surface area contributed by atoms with Crippen molar-refractivity contribution in [1.29, 1.82) is 5.26 Å². The molecule has 1 atom stereocenters. The van der Waals surface area contributed by atoms with E-state index in [9.17, 15) is 10.1 Å². The van der Waals surface area contributed by atoms with Gasteiger partial charge in [-0.15, -0.1) is 0 Å². The van der Waals surface area contributed by atoms with E-state index in [2.05, 4.69) is 33.2 Å². The van der Waals surface area contributed by atoms with E-state index in [0.29, 0.717) is 28.6 Å². The van der Waals surface area contributed by atoms with E-state index in [4.69, 9.17) is 11.6 Å². The van der Waals surface area contributed by atoms with Crippen LogP contribution in [0.4, 0.5) is 11.5 Å². The monoisotopic (exact) mass is 407 g/mol. The normalized spacial score (nSPS) is 18.4. The largest absolute Gasteiger partial charge is 0.353 e. The van der Waals surface area contributed by atoms with Gasteiger partial charge in [0, 0.05) is 24.2 Å². The van der Waals surface area contributed by atoms with Crippen molar-refractivity contribution in [3.05, 3.63) is 58.1 Å². The number of halogens is 1. The van der Waals surface area contributed by atoms with E-state index in [1.165, 1.54) is 6.33 Å². The van der Waals surface area contributed by atoms with Gasteiger partial charge in [-0.2, -0.15) is 5.26 Å². The molecule has 1 aromatic carbocycles. The van der Waals surface area contributed by atoms with E-state index in [-0.39, 0.29) is 11.8 Å². The zero-order valence-corrected chi connectivity index (χ0v) is 17.0. The zero-order chi connectivity index (χ0) is 20.4. The van der Waals surface area contributed by atoms with Crippen molar-refractivity contribution in [2.75, 3.05) is 16.8 Å². The molecule has 2 heterocycles. The summed E-state index contributed by atoms with van der Waals surface area (Å²) in [7, 11) is 0. The Labute approximate surface area is 175 Å². The number of anilines is 2. The van der Waals surface area contributed by atoms with Gasteiger partial charge in [0.1, 0.15) is 12.0 Å². The highest BCUT2D eigenvalue weighted by atomic mass is 35.5. The first-order chi connectivity index (χ1) is 14.1. The van der Waals surface area contributed by atoms with Crippen LogP contribution < -0.4 is 10.2 Å². The lowest BCUT2D eigenvalue weighted by atomic mass is 9.85. The first-order valence-corrected chi connectivity index (χ1v) is 10.3. The van der Waals surface area contributed by atoms with E-state index in [1.807, 2.05) is 12.1 Å². The lowest BCUT2D eigenvalue weighted by Gasteiger charge is -2.34. The number of carbonyl (C=O) groups excluding carboxylic acids is 1. The van der Waals surface area contributed by atoms with Crippen molar-refractivity contribution in [3.63, 3.8) is 0 Å². The molecular weight excluding hydrogens is 386 g/mol. The maximum Gasteiger partial charge on any atom is 0.163 e. The van der Waals surface area contributed by atoms with Gasteiger partial charge >= 0.3 is 0 Å². The summed E-state index contributed by atoms with van der Waals surface area (Å²) in [6.45, 7) is 2.87. The Balaban J connectivity index is 1.94. The molecule has 0 radical (unpaired) electrons. The van der Waals surface area contributed by atoms with Gasteiger partial charge in [-0.1, -0.05) is 37.1 Å². The van der Waals surface area contributed by atoms with Gasteiger partial charge in [0.05, 0.1) is 17.7 Å². The second kappa shape index (κ2) is 8.22. The molecule has 4 rings (SSSR count). The Morgan fingerprint density at radius 3 is 2.79 bits per heavy atom. The third-order valence-electron chi connectivity index (χ3n) is 5.48. The predicted octanol–water partition coefficient (Wildman–Crippen LogP) is 4.78. The quantitative estimate of drug-likeness (QED) is 0.734. The molecular formula is C22H22ClN5O. The van der Waals surface area contributed by atoms with Crippen molar-refractivity contribution in [2.45, 2.75) is 45.1 Å². The number of rotatable bonds is 4. The zero-order valence-electron chi connectivity index (χ0n) is 16.3. The summed E-state index contributed by atoms with van der Waals surface area (Å²) in [5.41, 5.74) is 3.88. The number of carbonyl (C=O) groups is 1. The SMILES string of the molecule is CCCCN1c2ncnc(Cl)c2NC2=C(C(=O)CCC2)C1c1ccc(C#N)cc1. The van der Waals surface area contributed by atoms with E-state index >= 15 is 0 Å². The number of hydrogen-bond acceptors (Lipinski definition) is 6. The molecule has 0 fully saturated rings. The number of nitrogens with one attached hydrogen (secondary N) is 1. The molecule has 148 valence electrons. The van der Waals surface area contributed by atoms with Gasteiger partial charge in [-0.3, -0.25) is 4.79 Å². The molecule has 1 aromatic heterocycles. The van der Waals surface area contributed by atoms with Gasteiger partial charge in [-0.05, 0) is 37.0 Å². The highest BCUT2D eigenvalue weighted by Gasteiger charge is 2.37. The average Bonchev–Trinajstić information content (AvgIpc) is 2.88. The average molecular weight is 408 g/mol. The van der Waals surface area contributed by atoms with Gasteiger partial charge in [-0.25, -0.2) is 9.97 Å². The first kappa shape index (κ1) is 19.4. The van der Waals surface area contributed by atoms with Crippen LogP contribution in [0.5, 0.6) is 0 Å². The second-order valence-corrected chi connectivity index (χ2v) is 7.70. The predicted molar refractivity (Wildman–Crippen MR) is 113 cm³/mol. The Hall–Kier alpha value is -2.91. The fraction of sp³-hybridized carbons (Fsp3) is 0.364. The Morgan fingerprint density at radius 2 is 2.07 bits per heavy atom. The van der Waals surface area contributed by atoms with Crippen LogP contribution in [0, 0.1) is 11.3 Å². The minimum absolute atomic E-state index is 0.145. The second-order valence-electron chi connectivity index (χ2n) is 7.34. The number of hydrogen-bond donors (Lipinski definition) is 1. The maximum atomic E-state index is 13.1. The van der Waals surface area contributed by atoms with E-state index in [0.717, 1.165) is 49.1 Å². The summed E-state index contributed by atoms with van der Waals surface area (Å²) in [4.78, 5) is 23.9. The molecule has 0 saturated carbocycles. The molecule has 7 heteroatoms. The fourth-order valence-electron chi connectivity index (χ4n) is 4.07. The van der Waals surface area contributed by atoms with Crippen molar-refractivity contribution in [1.82, 2.24) is 9.97 Å². The molecule has 0 bridgehead atoms. The number of allylic oxidation sites excluding steroid dienone is 1. The summed E-state index contributed by atoms with van der Waals surface area (Å²) in [6.07, 6.45) is 5.54. The molecule has 0 spiro atoms. The fourth-order valence-corrected chi connectivity index (χ4v) is 4.25. The van der Waals surface area contributed by atoms with Crippen LogP contribution in [-0.4, -0.2) is 22.3 Å². The van der Waals surface area contributed by atoms with Crippen LogP contribution in [0.25, 0.3) is 0 Å². The number of ketones is 1. The summed E-state index contributed by atoms with van der Waals surface area (Å²) in [6, 6.07) is 9.34. The lowest BCUT2D eigenvalue weighted by molar-refractivity contribution is -0.116. The van der Waals surface area contributed by atoms with Gasteiger partial charge in [0.15, 0.2) is 16.8 Å². The molecule has 0 saturated heterocycles. The summed E-state index contributed by atoms with van der Waals surface area (Å²) in [5, 5.41) is 12.9. The number of nitrogens with zero attached hydrogens (tertiary/aromatic N) is 4. The summed E-state index contributed by atoms with van der Waals surface area (Å²) >= 11 is 6.43. The topological polar surface area (TPSA) is 81.9 Å². The number of nitriles is 1. The minimum atomic E-state index is -0.281. The molecule has 6 nitrogen and oxygen atoms in total. The molecule has 1 aliphatic carbocycles. The molecule has 2 aliphatic rings. The van der Waals surface area contributed by atoms with E-state index in [1.54, 1.807) is 12.1 Å². The van der Waals surface area contributed by atoms with Crippen LogP contribution in [-0.2, 0) is 4.79 Å². The van der Waals surface area contributed by atoms with Crippen molar-refractivity contribution in [2.24, 2.45) is 0 Å². The summed E-state index contributed by atoms with van der Waals surface area (Å²) in [5.74, 6) is 0.849. The Bertz CT molecular complexity index is 1010.